The fraction of sp³-hybridized carbons (Fsp3) is 0.211. The van der Waals surface area contributed by atoms with Gasteiger partial charge in [0.25, 0.3) is 0 Å². The van der Waals surface area contributed by atoms with Crippen LogP contribution in [0, 0.1) is 0 Å². The lowest BCUT2D eigenvalue weighted by molar-refractivity contribution is 0.112. The van der Waals surface area contributed by atoms with E-state index in [1.807, 2.05) is 24.3 Å². The van der Waals surface area contributed by atoms with Crippen molar-refractivity contribution in [1.82, 2.24) is 0 Å². The van der Waals surface area contributed by atoms with Crippen molar-refractivity contribution in [2.24, 2.45) is 0 Å². The van der Waals surface area contributed by atoms with Gasteiger partial charge in [-0.05, 0) is 6.07 Å². The zero-order valence-corrected chi connectivity index (χ0v) is 14.0. The van der Waals surface area contributed by atoms with E-state index in [-0.39, 0.29) is 0 Å². The predicted octanol–water partition coefficient (Wildman–Crippen LogP) is 3.84. The van der Waals surface area contributed by atoms with Crippen molar-refractivity contribution < 1.29 is 23.7 Å². The van der Waals surface area contributed by atoms with E-state index in [0.717, 1.165) is 17.1 Å². The highest BCUT2D eigenvalue weighted by Gasteiger charge is 2.24. The minimum Gasteiger partial charge on any atom is -0.496 e. The first-order valence-corrected chi connectivity index (χ1v) is 7.38. The van der Waals surface area contributed by atoms with Crippen LogP contribution in [-0.4, -0.2) is 34.7 Å². The van der Waals surface area contributed by atoms with Crippen LogP contribution < -0.4 is 18.9 Å². The molecule has 0 aromatic heterocycles. The highest BCUT2D eigenvalue weighted by molar-refractivity contribution is 6.16. The molecule has 0 radical (unpaired) electrons. The van der Waals surface area contributed by atoms with Crippen LogP contribution in [-0.2, 0) is 0 Å². The average Bonchev–Trinajstić information content (AvgIpc) is 2.64. The molecule has 3 aromatic carbocycles. The van der Waals surface area contributed by atoms with Crippen LogP contribution >= 0.6 is 0 Å². The first kappa shape index (κ1) is 15.9. The number of rotatable bonds is 5. The molecule has 0 saturated carbocycles. The van der Waals surface area contributed by atoms with Gasteiger partial charge in [0.05, 0.1) is 44.8 Å². The molecule has 0 aliphatic carbocycles. The fourth-order valence-corrected chi connectivity index (χ4v) is 3.14. The zero-order chi connectivity index (χ0) is 17.3. The number of benzene rings is 3. The van der Waals surface area contributed by atoms with Crippen molar-refractivity contribution in [2.45, 2.75) is 0 Å². The van der Waals surface area contributed by atoms with Crippen LogP contribution in [0.5, 0.6) is 23.0 Å². The smallest absolute Gasteiger partial charge is 0.153 e. The van der Waals surface area contributed by atoms with Gasteiger partial charge in [0.15, 0.2) is 6.29 Å². The summed E-state index contributed by atoms with van der Waals surface area (Å²) in [6.45, 7) is 0. The molecule has 0 fully saturated rings. The van der Waals surface area contributed by atoms with Crippen molar-refractivity contribution in [1.29, 1.82) is 0 Å². The van der Waals surface area contributed by atoms with E-state index in [4.69, 9.17) is 18.9 Å². The molecule has 0 saturated heterocycles. The van der Waals surface area contributed by atoms with E-state index >= 15 is 0 Å². The number of hydrogen-bond donors (Lipinski definition) is 0. The van der Waals surface area contributed by atoms with Gasteiger partial charge in [-0.2, -0.15) is 0 Å². The van der Waals surface area contributed by atoms with Gasteiger partial charge in [-0.25, -0.2) is 0 Å². The molecule has 3 rings (SSSR count). The summed E-state index contributed by atoms with van der Waals surface area (Å²) in [6.07, 6.45) is 0.738. The molecule has 5 nitrogen and oxygen atoms in total. The second-order valence-electron chi connectivity index (χ2n) is 5.18. The second kappa shape index (κ2) is 6.28. The number of carbonyl (C=O) groups excluding carboxylic acids is 1. The predicted molar refractivity (Wildman–Crippen MR) is 93.0 cm³/mol. The molecule has 5 heteroatoms. The van der Waals surface area contributed by atoms with Crippen molar-refractivity contribution in [3.05, 3.63) is 35.9 Å². The standard InChI is InChI=1S/C19H18O5/c1-21-14-9-11(10-20)17(22-2)16-15(14)18(23-3)12-7-5-6-8-13(12)19(16)24-4/h5-10H,1-4H3. The summed E-state index contributed by atoms with van der Waals surface area (Å²) in [5.41, 5.74) is 0.387. The normalized spacial score (nSPS) is 10.7. The molecule has 0 unspecified atom stereocenters. The SMILES string of the molecule is COc1cc(C=O)c(OC)c2c(OC)c3ccccc3c(OC)c12. The number of aldehydes is 1. The summed E-state index contributed by atoms with van der Waals surface area (Å²) in [7, 11) is 6.27. The third-order valence-electron chi connectivity index (χ3n) is 4.10. The average molecular weight is 326 g/mol. The second-order valence-corrected chi connectivity index (χ2v) is 5.18. The van der Waals surface area contributed by atoms with Gasteiger partial charge in [-0.15, -0.1) is 0 Å². The maximum Gasteiger partial charge on any atom is 0.153 e. The fourth-order valence-electron chi connectivity index (χ4n) is 3.14. The quantitative estimate of drug-likeness (QED) is 0.527. The highest BCUT2D eigenvalue weighted by Crippen LogP contribution is 2.50. The van der Waals surface area contributed by atoms with Gasteiger partial charge in [0.1, 0.15) is 23.0 Å². The summed E-state index contributed by atoms with van der Waals surface area (Å²) >= 11 is 0. The number of methoxy groups -OCH3 is 4. The Bertz CT molecular complexity index is 930. The van der Waals surface area contributed by atoms with Crippen LogP contribution in [0.1, 0.15) is 10.4 Å². The van der Waals surface area contributed by atoms with Gasteiger partial charge in [-0.1, -0.05) is 24.3 Å². The van der Waals surface area contributed by atoms with Gasteiger partial charge in [-0.3, -0.25) is 4.79 Å². The summed E-state index contributed by atoms with van der Waals surface area (Å²) in [5, 5.41) is 3.12. The summed E-state index contributed by atoms with van der Waals surface area (Å²) in [6, 6.07) is 9.39. The van der Waals surface area contributed by atoms with Gasteiger partial charge < -0.3 is 18.9 Å². The van der Waals surface area contributed by atoms with E-state index in [9.17, 15) is 4.79 Å². The molecule has 0 bridgehead atoms. The first-order chi connectivity index (χ1) is 11.7. The Morgan fingerprint density at radius 2 is 1.29 bits per heavy atom. The van der Waals surface area contributed by atoms with Crippen molar-refractivity contribution in [3.8, 4) is 23.0 Å². The Morgan fingerprint density at radius 1 is 0.750 bits per heavy atom. The maximum absolute atomic E-state index is 11.5. The Morgan fingerprint density at radius 3 is 1.75 bits per heavy atom. The highest BCUT2D eigenvalue weighted by atomic mass is 16.5. The van der Waals surface area contributed by atoms with Crippen LogP contribution in [0.15, 0.2) is 30.3 Å². The van der Waals surface area contributed by atoms with E-state index < -0.39 is 0 Å². The lowest BCUT2D eigenvalue weighted by Crippen LogP contribution is -2.00. The Labute approximate surface area is 139 Å². The maximum atomic E-state index is 11.5. The Kier molecular flexibility index (Phi) is 4.16. The molecule has 0 aliphatic heterocycles. The topological polar surface area (TPSA) is 54.0 Å². The monoisotopic (exact) mass is 326 g/mol. The summed E-state index contributed by atoms with van der Waals surface area (Å²) < 4.78 is 22.4. The number of carbonyl (C=O) groups is 1. The van der Waals surface area contributed by atoms with Crippen LogP contribution in [0.2, 0.25) is 0 Å². The molecule has 3 aromatic rings. The number of hydrogen-bond acceptors (Lipinski definition) is 5. The molecular formula is C19H18O5. The molecular weight excluding hydrogens is 308 g/mol. The van der Waals surface area contributed by atoms with Gasteiger partial charge in [0.2, 0.25) is 0 Å². The Hall–Kier alpha value is -2.95. The lowest BCUT2D eigenvalue weighted by Gasteiger charge is -2.20. The van der Waals surface area contributed by atoms with E-state index in [1.54, 1.807) is 27.4 Å². The number of ether oxygens (including phenoxy) is 4. The van der Waals surface area contributed by atoms with Crippen molar-refractivity contribution in [2.75, 3.05) is 28.4 Å². The van der Waals surface area contributed by atoms with Crippen molar-refractivity contribution in [3.63, 3.8) is 0 Å². The van der Waals surface area contributed by atoms with E-state index in [2.05, 4.69) is 0 Å². The van der Waals surface area contributed by atoms with Crippen LogP contribution in [0.3, 0.4) is 0 Å². The van der Waals surface area contributed by atoms with Crippen molar-refractivity contribution >= 4 is 27.8 Å². The minimum atomic E-state index is 0.387. The molecule has 24 heavy (non-hydrogen) atoms. The number of fused-ring (bicyclic) bond motifs is 2. The molecule has 0 atom stereocenters. The Balaban J connectivity index is 2.71. The van der Waals surface area contributed by atoms with E-state index in [0.29, 0.717) is 39.3 Å². The molecule has 0 amide bonds. The van der Waals surface area contributed by atoms with Gasteiger partial charge in [0, 0.05) is 10.8 Å². The summed E-state index contributed by atoms with van der Waals surface area (Å²) in [5.74, 6) is 2.21. The third-order valence-corrected chi connectivity index (χ3v) is 4.10. The van der Waals surface area contributed by atoms with Crippen LogP contribution in [0.25, 0.3) is 21.5 Å². The molecule has 0 spiro atoms. The molecule has 0 aliphatic rings. The largest absolute Gasteiger partial charge is 0.496 e. The summed E-state index contributed by atoms with van der Waals surface area (Å²) in [4.78, 5) is 11.5. The zero-order valence-electron chi connectivity index (χ0n) is 14.0. The van der Waals surface area contributed by atoms with Crippen LogP contribution in [0.4, 0.5) is 0 Å². The molecule has 124 valence electrons. The minimum absolute atomic E-state index is 0.387. The molecule has 0 heterocycles. The molecule has 0 N–H and O–H groups in total. The van der Waals surface area contributed by atoms with E-state index in [1.165, 1.54) is 7.11 Å². The van der Waals surface area contributed by atoms with Gasteiger partial charge >= 0.3 is 0 Å². The first-order valence-electron chi connectivity index (χ1n) is 7.38. The third kappa shape index (κ3) is 2.12. The lowest BCUT2D eigenvalue weighted by atomic mass is 9.97.